The summed E-state index contributed by atoms with van der Waals surface area (Å²) in [4.78, 5) is 10.4. The van der Waals surface area contributed by atoms with Crippen LogP contribution in [0.1, 0.15) is 13.3 Å². The van der Waals surface area contributed by atoms with Crippen LogP contribution in [0, 0.1) is 0 Å². The second-order valence-electron chi connectivity index (χ2n) is 3.79. The van der Waals surface area contributed by atoms with Gasteiger partial charge in [-0.15, -0.1) is 0 Å². The van der Waals surface area contributed by atoms with E-state index in [9.17, 15) is 44.3 Å². The maximum absolute atomic E-state index is 13.0. The summed E-state index contributed by atoms with van der Waals surface area (Å²) in [5.74, 6) is -11.6. The fourth-order valence-corrected chi connectivity index (χ4v) is 1.75. The standard InChI is InChI=1S/C9H9F9OS/c1-4(19)20-3-2-7(12,13)5(10)8(14,15)6(11)9(16,17)18/h5-6H,2-3H2,1H3. The van der Waals surface area contributed by atoms with Gasteiger partial charge in [-0.3, -0.25) is 4.79 Å². The molecule has 0 fully saturated rings. The first-order chi connectivity index (χ1) is 8.73. The van der Waals surface area contributed by atoms with Gasteiger partial charge in [-0.25, -0.2) is 17.6 Å². The average Bonchev–Trinajstić information content (AvgIpc) is 2.24. The molecule has 0 saturated carbocycles. The minimum atomic E-state index is -6.17. The first-order valence-electron chi connectivity index (χ1n) is 4.96. The van der Waals surface area contributed by atoms with Crippen molar-refractivity contribution in [1.82, 2.24) is 0 Å². The molecule has 0 radical (unpaired) electrons. The van der Waals surface area contributed by atoms with E-state index in [1.165, 1.54) is 0 Å². The van der Waals surface area contributed by atoms with Crippen LogP contribution in [-0.2, 0) is 4.79 Å². The van der Waals surface area contributed by atoms with E-state index in [-0.39, 0.29) is 11.8 Å². The van der Waals surface area contributed by atoms with Gasteiger partial charge in [0.2, 0.25) is 6.17 Å². The molecule has 0 spiro atoms. The predicted molar refractivity (Wildman–Crippen MR) is 53.5 cm³/mol. The Morgan fingerprint density at radius 2 is 1.45 bits per heavy atom. The number of hydrogen-bond donors (Lipinski definition) is 0. The van der Waals surface area contributed by atoms with E-state index < -0.39 is 47.7 Å². The molecule has 0 rings (SSSR count). The molecule has 0 saturated heterocycles. The van der Waals surface area contributed by atoms with Gasteiger partial charge in [-0.2, -0.15) is 22.0 Å². The van der Waals surface area contributed by atoms with E-state index in [4.69, 9.17) is 0 Å². The van der Waals surface area contributed by atoms with Crippen LogP contribution in [-0.4, -0.2) is 41.2 Å². The Hall–Kier alpha value is -0.610. The topological polar surface area (TPSA) is 17.1 Å². The van der Waals surface area contributed by atoms with Gasteiger partial charge in [-0.1, -0.05) is 11.8 Å². The van der Waals surface area contributed by atoms with E-state index in [0.29, 0.717) is 0 Å². The van der Waals surface area contributed by atoms with Gasteiger partial charge in [0.25, 0.3) is 12.1 Å². The summed E-state index contributed by atoms with van der Waals surface area (Å²) in [5.41, 5.74) is 0. The van der Waals surface area contributed by atoms with Crippen LogP contribution in [0.4, 0.5) is 39.5 Å². The fourth-order valence-electron chi connectivity index (χ4n) is 1.09. The lowest BCUT2D eigenvalue weighted by Gasteiger charge is -2.30. The molecule has 0 aromatic heterocycles. The highest BCUT2D eigenvalue weighted by Crippen LogP contribution is 2.44. The van der Waals surface area contributed by atoms with Crippen molar-refractivity contribution in [3.8, 4) is 0 Å². The lowest BCUT2D eigenvalue weighted by molar-refractivity contribution is -0.282. The Balaban J connectivity index is 4.92. The molecule has 0 aliphatic heterocycles. The lowest BCUT2D eigenvalue weighted by Crippen LogP contribution is -2.54. The van der Waals surface area contributed by atoms with Crippen molar-refractivity contribution in [3.63, 3.8) is 0 Å². The first kappa shape index (κ1) is 19.4. The Morgan fingerprint density at radius 1 is 1.00 bits per heavy atom. The number of hydrogen-bond acceptors (Lipinski definition) is 2. The molecule has 0 aliphatic rings. The molecule has 0 bridgehead atoms. The predicted octanol–water partition coefficient (Wildman–Crippen LogP) is 4.17. The molecule has 11 heteroatoms. The number of carbonyl (C=O) groups excluding carboxylic acids is 1. The van der Waals surface area contributed by atoms with Crippen molar-refractivity contribution in [2.75, 3.05) is 5.75 Å². The zero-order valence-corrected chi connectivity index (χ0v) is 10.6. The second kappa shape index (κ2) is 6.44. The highest BCUT2D eigenvalue weighted by molar-refractivity contribution is 8.13. The number of halogens is 9. The Kier molecular flexibility index (Phi) is 6.24. The highest BCUT2D eigenvalue weighted by Gasteiger charge is 2.67. The Morgan fingerprint density at radius 3 is 1.80 bits per heavy atom. The zero-order chi connectivity index (χ0) is 16.4. The number of carbonyl (C=O) groups is 1. The number of alkyl halides is 9. The third-order valence-corrected chi connectivity index (χ3v) is 2.89. The third kappa shape index (κ3) is 5.06. The lowest BCUT2D eigenvalue weighted by atomic mass is 10.0. The summed E-state index contributed by atoms with van der Waals surface area (Å²) in [7, 11) is 0. The molecule has 0 aromatic carbocycles. The van der Waals surface area contributed by atoms with Gasteiger partial charge in [0.1, 0.15) is 0 Å². The van der Waals surface area contributed by atoms with Gasteiger partial charge >= 0.3 is 12.1 Å². The van der Waals surface area contributed by atoms with Gasteiger partial charge in [0.15, 0.2) is 5.12 Å². The zero-order valence-electron chi connectivity index (χ0n) is 9.79. The van der Waals surface area contributed by atoms with Gasteiger partial charge in [0, 0.05) is 19.1 Å². The first-order valence-corrected chi connectivity index (χ1v) is 5.95. The summed E-state index contributed by atoms with van der Waals surface area (Å²) < 4.78 is 112. The number of rotatable bonds is 6. The largest absolute Gasteiger partial charge is 0.425 e. The molecule has 20 heavy (non-hydrogen) atoms. The van der Waals surface area contributed by atoms with Crippen molar-refractivity contribution in [2.24, 2.45) is 0 Å². The molecule has 0 amide bonds. The molecule has 2 unspecified atom stereocenters. The van der Waals surface area contributed by atoms with Crippen LogP contribution in [0.15, 0.2) is 0 Å². The van der Waals surface area contributed by atoms with E-state index in [0.717, 1.165) is 6.92 Å². The monoisotopic (exact) mass is 336 g/mol. The van der Waals surface area contributed by atoms with E-state index in [2.05, 4.69) is 0 Å². The summed E-state index contributed by atoms with van der Waals surface area (Å²) in [6.45, 7) is 0.964. The molecule has 120 valence electrons. The minimum absolute atomic E-state index is 0.254. The Labute approximate surface area is 111 Å². The van der Waals surface area contributed by atoms with Crippen molar-refractivity contribution in [3.05, 3.63) is 0 Å². The van der Waals surface area contributed by atoms with Crippen LogP contribution in [0.2, 0.25) is 0 Å². The quantitative estimate of drug-likeness (QED) is 0.678. The smallest absolute Gasteiger partial charge is 0.288 e. The molecule has 1 nitrogen and oxygen atoms in total. The second-order valence-corrected chi connectivity index (χ2v) is 5.06. The fraction of sp³-hybridized carbons (Fsp3) is 0.889. The third-order valence-electron chi connectivity index (χ3n) is 2.07. The van der Waals surface area contributed by atoms with Crippen molar-refractivity contribution in [2.45, 2.75) is 43.7 Å². The van der Waals surface area contributed by atoms with Crippen LogP contribution in [0.3, 0.4) is 0 Å². The van der Waals surface area contributed by atoms with E-state index in [1.54, 1.807) is 0 Å². The van der Waals surface area contributed by atoms with Crippen LogP contribution in [0.5, 0.6) is 0 Å². The van der Waals surface area contributed by atoms with Crippen LogP contribution in [0.25, 0.3) is 0 Å². The maximum atomic E-state index is 13.0. The van der Waals surface area contributed by atoms with Gasteiger partial charge < -0.3 is 0 Å². The maximum Gasteiger partial charge on any atom is 0.425 e. The molecule has 0 aromatic rings. The summed E-state index contributed by atoms with van der Waals surface area (Å²) >= 11 is 0.254. The van der Waals surface area contributed by atoms with E-state index >= 15 is 0 Å². The van der Waals surface area contributed by atoms with Crippen LogP contribution < -0.4 is 0 Å². The minimum Gasteiger partial charge on any atom is -0.288 e. The van der Waals surface area contributed by atoms with Crippen molar-refractivity contribution >= 4 is 16.9 Å². The molecule has 0 aliphatic carbocycles. The summed E-state index contributed by atoms with van der Waals surface area (Å²) in [5, 5.41) is -0.665. The highest BCUT2D eigenvalue weighted by atomic mass is 32.2. The molecular weight excluding hydrogens is 327 g/mol. The molecule has 0 N–H and O–H groups in total. The summed E-state index contributed by atoms with van der Waals surface area (Å²) in [6.07, 6.45) is -17.5. The van der Waals surface area contributed by atoms with Gasteiger partial charge in [-0.05, 0) is 0 Å². The Bertz CT molecular complexity index is 341. The molecular formula is C9H9F9OS. The van der Waals surface area contributed by atoms with E-state index in [1.807, 2.05) is 0 Å². The molecule has 2 atom stereocenters. The van der Waals surface area contributed by atoms with Crippen molar-refractivity contribution < 1.29 is 44.3 Å². The molecule has 0 heterocycles. The SMILES string of the molecule is CC(=O)SCCC(F)(F)C(F)C(F)(F)C(F)C(F)(F)F. The summed E-state index contributed by atoms with van der Waals surface area (Å²) in [6, 6.07) is 0. The normalized spacial score (nSPS) is 16.9. The number of thioether (sulfide) groups is 1. The van der Waals surface area contributed by atoms with Crippen molar-refractivity contribution in [1.29, 1.82) is 0 Å². The van der Waals surface area contributed by atoms with Crippen LogP contribution >= 0.6 is 11.8 Å². The van der Waals surface area contributed by atoms with Gasteiger partial charge in [0.05, 0.1) is 0 Å². The average molecular weight is 336 g/mol.